The lowest BCUT2D eigenvalue weighted by atomic mass is 9.69. The molecule has 29 heavy (non-hydrogen) atoms. The monoisotopic (exact) mass is 397 g/mol. The molecule has 2 saturated heterocycles. The van der Waals surface area contributed by atoms with Crippen LogP contribution in [0.4, 0.5) is 0 Å². The molecule has 2 fully saturated rings. The Balaban J connectivity index is 1.70. The number of benzene rings is 1. The van der Waals surface area contributed by atoms with Gasteiger partial charge in [0.15, 0.2) is 0 Å². The summed E-state index contributed by atoms with van der Waals surface area (Å²) in [6.45, 7) is 3.89. The van der Waals surface area contributed by atoms with Crippen molar-refractivity contribution >= 4 is 11.8 Å². The SMILES string of the molecule is CC(C)NC(=O)[C@@]1(Cc2ccccc2)C[C@H]2CC[C@@H]1N2C(=O)c1nn(C)c(=O)[nH]1. The molecule has 2 aliphatic rings. The van der Waals surface area contributed by atoms with E-state index in [0.717, 1.165) is 23.1 Å². The Kier molecular flexibility index (Phi) is 4.80. The number of nitrogens with zero attached hydrogens (tertiary/aromatic N) is 3. The van der Waals surface area contributed by atoms with E-state index < -0.39 is 11.1 Å². The lowest BCUT2D eigenvalue weighted by Gasteiger charge is -2.36. The van der Waals surface area contributed by atoms with Crippen LogP contribution in [0.3, 0.4) is 0 Å². The van der Waals surface area contributed by atoms with Crippen LogP contribution in [0, 0.1) is 5.41 Å². The number of H-pyrrole nitrogens is 1. The molecule has 4 rings (SSSR count). The number of amides is 2. The number of nitrogens with one attached hydrogen (secondary N) is 2. The van der Waals surface area contributed by atoms with Gasteiger partial charge >= 0.3 is 5.69 Å². The van der Waals surface area contributed by atoms with Crippen LogP contribution in [0.5, 0.6) is 0 Å². The van der Waals surface area contributed by atoms with Crippen molar-refractivity contribution in [3.63, 3.8) is 0 Å². The molecule has 0 spiro atoms. The van der Waals surface area contributed by atoms with Crippen molar-refractivity contribution in [3.05, 3.63) is 52.2 Å². The quantitative estimate of drug-likeness (QED) is 0.793. The minimum Gasteiger partial charge on any atom is -0.353 e. The van der Waals surface area contributed by atoms with Gasteiger partial charge in [0.2, 0.25) is 11.7 Å². The van der Waals surface area contributed by atoms with Crippen LogP contribution in [0.15, 0.2) is 35.1 Å². The number of hydrogen-bond donors (Lipinski definition) is 2. The van der Waals surface area contributed by atoms with Gasteiger partial charge in [-0.05, 0) is 45.1 Å². The van der Waals surface area contributed by atoms with Crippen molar-refractivity contribution in [2.75, 3.05) is 0 Å². The molecule has 2 aliphatic heterocycles. The van der Waals surface area contributed by atoms with Crippen LogP contribution in [0.1, 0.15) is 49.3 Å². The highest BCUT2D eigenvalue weighted by atomic mass is 16.2. The highest BCUT2D eigenvalue weighted by Gasteiger charge is 2.61. The van der Waals surface area contributed by atoms with Gasteiger partial charge in [-0.3, -0.25) is 14.6 Å². The molecule has 0 radical (unpaired) electrons. The number of rotatable bonds is 5. The first-order chi connectivity index (χ1) is 13.8. The smallest absolute Gasteiger partial charge is 0.343 e. The first kappa shape index (κ1) is 19.4. The van der Waals surface area contributed by atoms with E-state index in [9.17, 15) is 14.4 Å². The topological polar surface area (TPSA) is 100 Å². The summed E-state index contributed by atoms with van der Waals surface area (Å²) in [5.74, 6) is -0.271. The minimum atomic E-state index is -0.681. The fourth-order valence-electron chi connectivity index (χ4n) is 4.99. The van der Waals surface area contributed by atoms with Crippen LogP contribution in [0.2, 0.25) is 0 Å². The van der Waals surface area contributed by atoms with Crippen LogP contribution in [-0.2, 0) is 18.3 Å². The van der Waals surface area contributed by atoms with Crippen molar-refractivity contribution in [1.82, 2.24) is 25.0 Å². The van der Waals surface area contributed by atoms with Crippen molar-refractivity contribution in [2.24, 2.45) is 12.5 Å². The van der Waals surface area contributed by atoms with Crippen molar-refractivity contribution < 1.29 is 9.59 Å². The van der Waals surface area contributed by atoms with Gasteiger partial charge < -0.3 is 10.2 Å². The molecule has 3 heterocycles. The first-order valence-corrected chi connectivity index (χ1v) is 10.1. The molecule has 1 aromatic carbocycles. The maximum Gasteiger partial charge on any atom is 0.343 e. The molecule has 0 unspecified atom stereocenters. The van der Waals surface area contributed by atoms with Crippen molar-refractivity contribution in [1.29, 1.82) is 0 Å². The molecule has 8 nitrogen and oxygen atoms in total. The summed E-state index contributed by atoms with van der Waals surface area (Å²) in [6, 6.07) is 9.72. The molecule has 2 amide bonds. The number of carbonyl (C=O) groups excluding carboxylic acids is 2. The molecule has 2 aromatic rings. The first-order valence-electron chi connectivity index (χ1n) is 10.1. The Bertz CT molecular complexity index is 980. The zero-order valence-electron chi connectivity index (χ0n) is 17.0. The number of aryl methyl sites for hydroxylation is 1. The van der Waals surface area contributed by atoms with E-state index in [1.54, 1.807) is 4.90 Å². The average Bonchev–Trinajstić information content (AvgIpc) is 3.33. The predicted molar refractivity (Wildman–Crippen MR) is 107 cm³/mol. The highest BCUT2D eigenvalue weighted by Crippen LogP contribution is 2.52. The number of carbonyl (C=O) groups is 2. The zero-order valence-corrected chi connectivity index (χ0v) is 17.0. The summed E-state index contributed by atoms with van der Waals surface area (Å²) < 4.78 is 1.12. The van der Waals surface area contributed by atoms with Crippen molar-refractivity contribution in [3.8, 4) is 0 Å². The molecule has 2 bridgehead atoms. The maximum atomic E-state index is 13.4. The molecular formula is C21H27N5O3. The normalized spacial score (nSPS) is 25.6. The Morgan fingerprint density at radius 3 is 2.62 bits per heavy atom. The van der Waals surface area contributed by atoms with Gasteiger partial charge in [-0.25, -0.2) is 9.48 Å². The van der Waals surface area contributed by atoms with E-state index in [0.29, 0.717) is 12.8 Å². The standard InChI is InChI=1S/C21H27N5O3/c1-13(2)22-19(28)21(11-14-7-5-4-6-8-14)12-15-9-10-16(21)26(15)18(27)17-23-20(29)25(3)24-17/h4-8,13,15-16H,9-12H2,1-3H3,(H,22,28)(H,23,24,29)/t15-,16+,21+/m1/s1. The predicted octanol–water partition coefficient (Wildman–Crippen LogP) is 1.24. The summed E-state index contributed by atoms with van der Waals surface area (Å²) in [7, 11) is 1.50. The lowest BCUT2D eigenvalue weighted by Crippen LogP contribution is -2.52. The number of aromatic nitrogens is 3. The van der Waals surface area contributed by atoms with Gasteiger partial charge in [0.05, 0.1) is 5.41 Å². The molecule has 2 N–H and O–H groups in total. The second-order valence-corrected chi connectivity index (χ2v) is 8.51. The van der Waals surface area contributed by atoms with E-state index in [2.05, 4.69) is 15.4 Å². The molecular weight excluding hydrogens is 370 g/mol. The van der Waals surface area contributed by atoms with Crippen LogP contribution < -0.4 is 11.0 Å². The average molecular weight is 397 g/mol. The van der Waals surface area contributed by atoms with E-state index in [1.807, 2.05) is 44.2 Å². The third-order valence-electron chi connectivity index (χ3n) is 6.18. The fraction of sp³-hybridized carbons (Fsp3) is 0.524. The van der Waals surface area contributed by atoms with Gasteiger partial charge in [-0.2, -0.15) is 0 Å². The van der Waals surface area contributed by atoms with Crippen LogP contribution in [0.25, 0.3) is 0 Å². The Labute approximate surface area is 169 Å². The Morgan fingerprint density at radius 1 is 1.28 bits per heavy atom. The third-order valence-corrected chi connectivity index (χ3v) is 6.18. The van der Waals surface area contributed by atoms with Crippen LogP contribution in [-0.4, -0.2) is 49.6 Å². The fourth-order valence-corrected chi connectivity index (χ4v) is 4.99. The summed E-state index contributed by atoms with van der Waals surface area (Å²) in [4.78, 5) is 42.7. The van der Waals surface area contributed by atoms with Gasteiger partial charge in [-0.15, -0.1) is 5.10 Å². The molecule has 8 heteroatoms. The largest absolute Gasteiger partial charge is 0.353 e. The maximum absolute atomic E-state index is 13.4. The van der Waals surface area contributed by atoms with E-state index >= 15 is 0 Å². The Hall–Kier alpha value is -2.90. The number of fused-ring (bicyclic) bond motifs is 2. The van der Waals surface area contributed by atoms with Crippen LogP contribution >= 0.6 is 0 Å². The molecule has 3 atom stereocenters. The van der Waals surface area contributed by atoms with Crippen molar-refractivity contribution in [2.45, 2.75) is 57.7 Å². The Morgan fingerprint density at radius 2 is 2.00 bits per heavy atom. The molecule has 154 valence electrons. The molecule has 0 aliphatic carbocycles. The number of hydrogen-bond acceptors (Lipinski definition) is 4. The van der Waals surface area contributed by atoms with Gasteiger partial charge in [0.1, 0.15) is 0 Å². The molecule has 0 saturated carbocycles. The summed E-state index contributed by atoms with van der Waals surface area (Å²) in [6.07, 6.45) is 2.83. The highest BCUT2D eigenvalue weighted by molar-refractivity contribution is 5.93. The summed E-state index contributed by atoms with van der Waals surface area (Å²) in [5, 5.41) is 7.12. The zero-order chi connectivity index (χ0) is 20.8. The van der Waals surface area contributed by atoms with Gasteiger partial charge in [-0.1, -0.05) is 30.3 Å². The van der Waals surface area contributed by atoms with E-state index in [1.165, 1.54) is 7.05 Å². The van der Waals surface area contributed by atoms with E-state index in [-0.39, 0.29) is 35.8 Å². The third kappa shape index (κ3) is 3.26. The summed E-state index contributed by atoms with van der Waals surface area (Å²) in [5.41, 5.74) is -0.0233. The number of aromatic amines is 1. The van der Waals surface area contributed by atoms with Gasteiger partial charge in [0.25, 0.3) is 5.91 Å². The summed E-state index contributed by atoms with van der Waals surface area (Å²) >= 11 is 0. The molecule has 1 aromatic heterocycles. The van der Waals surface area contributed by atoms with Gasteiger partial charge in [0, 0.05) is 25.2 Å². The lowest BCUT2D eigenvalue weighted by molar-refractivity contribution is -0.133. The second-order valence-electron chi connectivity index (χ2n) is 8.51. The van der Waals surface area contributed by atoms with E-state index in [4.69, 9.17) is 0 Å². The minimum absolute atomic E-state index is 0.00383. The second kappa shape index (κ2) is 7.17.